The quantitative estimate of drug-likeness (QED) is 0.718. The Morgan fingerprint density at radius 3 is 2.72 bits per heavy atom. The second-order valence-corrected chi connectivity index (χ2v) is 5.80. The molecule has 3 aromatic rings. The number of nitrogens with one attached hydrogen (secondary N) is 1. The zero-order valence-corrected chi connectivity index (χ0v) is 14.1. The molecule has 0 radical (unpaired) electrons. The van der Waals surface area contributed by atoms with Gasteiger partial charge in [-0.1, -0.05) is 59.3 Å². The predicted molar refractivity (Wildman–Crippen MR) is 96.5 cm³/mol. The Labute approximate surface area is 146 Å². The molecule has 1 aromatic heterocycles. The fourth-order valence-electron chi connectivity index (χ4n) is 2.37. The standard InChI is InChI=1S/C20H19N3O2/c1-14-7-6-10-17(13-14)19-22-20(25-23-19)15(2)21-18(24)12-11-16-8-4-3-5-9-16/h3-13,15H,1-2H3,(H,21,24)/b12-11+. The first-order valence-corrected chi connectivity index (χ1v) is 8.06. The number of carbonyl (C=O) groups is 1. The van der Waals surface area contributed by atoms with Crippen molar-refractivity contribution >= 4 is 12.0 Å². The van der Waals surface area contributed by atoms with Gasteiger partial charge in [-0.05, 0) is 31.6 Å². The largest absolute Gasteiger partial charge is 0.341 e. The molecule has 5 nitrogen and oxygen atoms in total. The van der Waals surface area contributed by atoms with Crippen molar-refractivity contribution in [2.75, 3.05) is 0 Å². The molecule has 0 fully saturated rings. The molecule has 0 saturated heterocycles. The minimum atomic E-state index is -0.376. The number of carbonyl (C=O) groups excluding carboxylic acids is 1. The number of aromatic nitrogens is 2. The minimum absolute atomic E-state index is 0.216. The number of hydrogen-bond acceptors (Lipinski definition) is 4. The Hall–Kier alpha value is -3.21. The molecular formula is C20H19N3O2. The van der Waals surface area contributed by atoms with Crippen LogP contribution in [0.15, 0.2) is 65.2 Å². The van der Waals surface area contributed by atoms with E-state index in [0.717, 1.165) is 16.7 Å². The highest BCUT2D eigenvalue weighted by atomic mass is 16.5. The van der Waals surface area contributed by atoms with Crippen LogP contribution in [-0.4, -0.2) is 16.0 Å². The summed E-state index contributed by atoms with van der Waals surface area (Å²) in [6.45, 7) is 3.81. The van der Waals surface area contributed by atoms with E-state index in [1.54, 1.807) is 6.08 Å². The summed E-state index contributed by atoms with van der Waals surface area (Å²) in [5, 5.41) is 6.81. The van der Waals surface area contributed by atoms with Crippen LogP contribution in [0.1, 0.15) is 30.0 Å². The molecule has 3 rings (SSSR count). The molecule has 25 heavy (non-hydrogen) atoms. The Balaban J connectivity index is 1.64. The molecular weight excluding hydrogens is 314 g/mol. The zero-order valence-electron chi connectivity index (χ0n) is 14.1. The Bertz CT molecular complexity index is 885. The molecule has 1 unspecified atom stereocenters. The van der Waals surface area contributed by atoms with Crippen molar-refractivity contribution in [1.29, 1.82) is 0 Å². The van der Waals surface area contributed by atoms with Crippen LogP contribution < -0.4 is 5.32 Å². The Morgan fingerprint density at radius 2 is 1.96 bits per heavy atom. The molecule has 1 atom stereocenters. The molecule has 1 heterocycles. The average Bonchev–Trinajstić information content (AvgIpc) is 3.11. The summed E-state index contributed by atoms with van der Waals surface area (Å²) in [6, 6.07) is 17.1. The Morgan fingerprint density at radius 1 is 1.16 bits per heavy atom. The molecule has 5 heteroatoms. The van der Waals surface area contributed by atoms with E-state index in [9.17, 15) is 4.79 Å². The third kappa shape index (κ3) is 4.41. The summed E-state index contributed by atoms with van der Waals surface area (Å²) in [5.41, 5.74) is 2.97. The number of rotatable bonds is 5. The third-order valence-corrected chi connectivity index (χ3v) is 3.67. The molecule has 1 N–H and O–H groups in total. The lowest BCUT2D eigenvalue weighted by atomic mass is 10.1. The van der Waals surface area contributed by atoms with Gasteiger partial charge in [-0.2, -0.15) is 4.98 Å². The first kappa shape index (κ1) is 16.6. The van der Waals surface area contributed by atoms with Crippen molar-refractivity contribution in [3.8, 4) is 11.4 Å². The molecule has 0 spiro atoms. The predicted octanol–water partition coefficient (Wildman–Crippen LogP) is 3.94. The van der Waals surface area contributed by atoms with Gasteiger partial charge in [0.25, 0.3) is 0 Å². The molecule has 126 valence electrons. The summed E-state index contributed by atoms with van der Waals surface area (Å²) in [4.78, 5) is 16.4. The maximum atomic E-state index is 12.0. The van der Waals surface area contributed by atoms with Gasteiger partial charge < -0.3 is 9.84 Å². The van der Waals surface area contributed by atoms with E-state index in [1.165, 1.54) is 6.08 Å². The number of benzene rings is 2. The van der Waals surface area contributed by atoms with Crippen molar-refractivity contribution < 1.29 is 9.32 Å². The molecule has 0 saturated carbocycles. The van der Waals surface area contributed by atoms with Crippen molar-refractivity contribution in [2.45, 2.75) is 19.9 Å². The summed E-state index contributed by atoms with van der Waals surface area (Å²) >= 11 is 0. The Kier molecular flexibility index (Phi) is 5.04. The highest BCUT2D eigenvalue weighted by molar-refractivity contribution is 5.91. The molecule has 0 aliphatic carbocycles. The van der Waals surface area contributed by atoms with Crippen LogP contribution in [0.4, 0.5) is 0 Å². The number of hydrogen-bond donors (Lipinski definition) is 1. The lowest BCUT2D eigenvalue weighted by Gasteiger charge is -2.06. The molecule has 2 aromatic carbocycles. The monoisotopic (exact) mass is 333 g/mol. The van der Waals surface area contributed by atoms with Crippen molar-refractivity contribution in [1.82, 2.24) is 15.5 Å². The number of nitrogens with zero attached hydrogens (tertiary/aromatic N) is 2. The first-order chi connectivity index (χ1) is 12.1. The topological polar surface area (TPSA) is 68.0 Å². The normalized spacial score (nSPS) is 12.2. The highest BCUT2D eigenvalue weighted by Crippen LogP contribution is 2.19. The summed E-state index contributed by atoms with van der Waals surface area (Å²) in [6.07, 6.45) is 3.25. The first-order valence-electron chi connectivity index (χ1n) is 8.06. The van der Waals surface area contributed by atoms with Gasteiger partial charge in [0.1, 0.15) is 6.04 Å². The second-order valence-electron chi connectivity index (χ2n) is 5.80. The molecule has 0 aliphatic heterocycles. The zero-order chi connectivity index (χ0) is 17.6. The van der Waals surface area contributed by atoms with Gasteiger partial charge in [0, 0.05) is 11.6 Å². The van der Waals surface area contributed by atoms with Gasteiger partial charge in [-0.25, -0.2) is 0 Å². The lowest BCUT2D eigenvalue weighted by Crippen LogP contribution is -2.24. The fraction of sp³-hybridized carbons (Fsp3) is 0.150. The van der Waals surface area contributed by atoms with Crippen molar-refractivity contribution in [2.24, 2.45) is 0 Å². The van der Waals surface area contributed by atoms with Gasteiger partial charge in [0.05, 0.1) is 0 Å². The van der Waals surface area contributed by atoms with E-state index in [1.807, 2.05) is 68.4 Å². The van der Waals surface area contributed by atoms with Gasteiger partial charge >= 0.3 is 0 Å². The van der Waals surface area contributed by atoms with Crippen LogP contribution >= 0.6 is 0 Å². The molecule has 1 amide bonds. The van der Waals surface area contributed by atoms with Crippen LogP contribution in [0.25, 0.3) is 17.5 Å². The van der Waals surface area contributed by atoms with E-state index in [-0.39, 0.29) is 11.9 Å². The minimum Gasteiger partial charge on any atom is -0.341 e. The van der Waals surface area contributed by atoms with E-state index >= 15 is 0 Å². The second kappa shape index (κ2) is 7.57. The fourth-order valence-corrected chi connectivity index (χ4v) is 2.37. The maximum absolute atomic E-state index is 12.0. The van der Waals surface area contributed by atoms with Gasteiger partial charge in [-0.3, -0.25) is 4.79 Å². The smallest absolute Gasteiger partial charge is 0.249 e. The van der Waals surface area contributed by atoms with Crippen molar-refractivity contribution in [3.63, 3.8) is 0 Å². The van der Waals surface area contributed by atoms with Gasteiger partial charge in [0.15, 0.2) is 0 Å². The van der Waals surface area contributed by atoms with Crippen LogP contribution in [0.5, 0.6) is 0 Å². The SMILES string of the molecule is Cc1cccc(-c2noc(C(C)NC(=O)/C=C/c3ccccc3)n2)c1. The third-order valence-electron chi connectivity index (χ3n) is 3.67. The lowest BCUT2D eigenvalue weighted by molar-refractivity contribution is -0.117. The van der Waals surface area contributed by atoms with E-state index in [0.29, 0.717) is 11.7 Å². The summed E-state index contributed by atoms with van der Waals surface area (Å²) in [7, 11) is 0. The van der Waals surface area contributed by atoms with Gasteiger partial charge in [0.2, 0.25) is 17.6 Å². The number of aryl methyl sites for hydroxylation is 1. The van der Waals surface area contributed by atoms with E-state index in [2.05, 4.69) is 15.5 Å². The average molecular weight is 333 g/mol. The van der Waals surface area contributed by atoms with Crippen LogP contribution in [-0.2, 0) is 4.79 Å². The van der Waals surface area contributed by atoms with E-state index in [4.69, 9.17) is 4.52 Å². The number of amides is 1. The van der Waals surface area contributed by atoms with Crippen LogP contribution in [0, 0.1) is 6.92 Å². The molecule has 0 aliphatic rings. The van der Waals surface area contributed by atoms with Gasteiger partial charge in [-0.15, -0.1) is 0 Å². The maximum Gasteiger partial charge on any atom is 0.249 e. The highest BCUT2D eigenvalue weighted by Gasteiger charge is 2.16. The summed E-state index contributed by atoms with van der Waals surface area (Å²) < 4.78 is 5.28. The van der Waals surface area contributed by atoms with Crippen molar-refractivity contribution in [3.05, 3.63) is 77.7 Å². The molecule has 0 bridgehead atoms. The summed E-state index contributed by atoms with van der Waals surface area (Å²) in [5.74, 6) is 0.671. The van der Waals surface area contributed by atoms with E-state index < -0.39 is 0 Å². The van der Waals surface area contributed by atoms with Crippen LogP contribution in [0.3, 0.4) is 0 Å². The van der Waals surface area contributed by atoms with Crippen LogP contribution in [0.2, 0.25) is 0 Å².